The first-order chi connectivity index (χ1) is 5.56. The van der Waals surface area contributed by atoms with Gasteiger partial charge in [0.05, 0.1) is 0 Å². The first kappa shape index (κ1) is 8.91. The zero-order valence-corrected chi connectivity index (χ0v) is 7.66. The average Bonchev–Trinajstić information content (AvgIpc) is 2.05. The smallest absolute Gasteiger partial charge is 0.122 e. The van der Waals surface area contributed by atoms with E-state index in [1.165, 1.54) is 5.56 Å². The van der Waals surface area contributed by atoms with Gasteiger partial charge in [-0.15, -0.1) is 4.91 Å². The second-order valence-corrected chi connectivity index (χ2v) is 3.52. The summed E-state index contributed by atoms with van der Waals surface area (Å²) in [5, 5.41) is 3.07. The van der Waals surface area contributed by atoms with Crippen molar-refractivity contribution in [1.82, 2.24) is 0 Å². The molecule has 0 heterocycles. The van der Waals surface area contributed by atoms with E-state index in [0.717, 1.165) is 5.56 Å². The molecular formula is C10H13NO. The lowest BCUT2D eigenvalue weighted by Crippen LogP contribution is -2.12. The first-order valence-electron chi connectivity index (χ1n) is 3.98. The van der Waals surface area contributed by atoms with Crippen LogP contribution in [0.5, 0.6) is 0 Å². The van der Waals surface area contributed by atoms with Gasteiger partial charge >= 0.3 is 0 Å². The van der Waals surface area contributed by atoms with Crippen LogP contribution in [0.2, 0.25) is 0 Å². The molecule has 0 aromatic heterocycles. The van der Waals surface area contributed by atoms with Crippen LogP contribution < -0.4 is 0 Å². The minimum atomic E-state index is -0.603. The molecule has 64 valence electrons. The largest absolute Gasteiger partial charge is 0.150 e. The van der Waals surface area contributed by atoms with E-state index in [9.17, 15) is 4.91 Å². The minimum absolute atomic E-state index is 0.603. The molecule has 0 atom stereocenters. The molecule has 1 aromatic carbocycles. The second-order valence-electron chi connectivity index (χ2n) is 3.52. The summed E-state index contributed by atoms with van der Waals surface area (Å²) >= 11 is 0. The normalized spacial score (nSPS) is 11.2. The van der Waals surface area contributed by atoms with Gasteiger partial charge < -0.3 is 0 Å². The van der Waals surface area contributed by atoms with Crippen LogP contribution in [0, 0.1) is 11.8 Å². The molecule has 0 unspecified atom stereocenters. The van der Waals surface area contributed by atoms with Gasteiger partial charge in [-0.05, 0) is 26.3 Å². The summed E-state index contributed by atoms with van der Waals surface area (Å²) in [6.07, 6.45) is 0. The molecule has 0 fully saturated rings. The van der Waals surface area contributed by atoms with Crippen molar-refractivity contribution in [2.24, 2.45) is 5.18 Å². The Morgan fingerprint density at radius 3 is 2.08 bits per heavy atom. The van der Waals surface area contributed by atoms with Gasteiger partial charge in [0.25, 0.3) is 0 Å². The Morgan fingerprint density at radius 2 is 1.67 bits per heavy atom. The van der Waals surface area contributed by atoms with Crippen LogP contribution in [0.3, 0.4) is 0 Å². The molecule has 0 aliphatic rings. The average molecular weight is 163 g/mol. The van der Waals surface area contributed by atoms with E-state index in [2.05, 4.69) is 5.18 Å². The third-order valence-electron chi connectivity index (χ3n) is 1.99. The van der Waals surface area contributed by atoms with E-state index >= 15 is 0 Å². The lowest BCUT2D eigenvalue weighted by atomic mass is 9.95. The van der Waals surface area contributed by atoms with Crippen molar-refractivity contribution in [3.63, 3.8) is 0 Å². The third kappa shape index (κ3) is 1.70. The van der Waals surface area contributed by atoms with Gasteiger partial charge in [-0.25, -0.2) is 0 Å². The molecule has 0 aliphatic carbocycles. The number of hydrogen-bond acceptors (Lipinski definition) is 2. The van der Waals surface area contributed by atoms with Gasteiger partial charge in [-0.3, -0.25) is 0 Å². The van der Waals surface area contributed by atoms with Gasteiger partial charge in [0.15, 0.2) is 0 Å². The number of nitroso groups, excluding NO2 is 1. The molecule has 0 spiro atoms. The number of aryl methyl sites for hydroxylation is 1. The molecule has 2 heteroatoms. The summed E-state index contributed by atoms with van der Waals surface area (Å²) < 4.78 is 0. The molecule has 0 aliphatic heterocycles. The fraction of sp³-hybridized carbons (Fsp3) is 0.400. The molecule has 0 bridgehead atoms. The van der Waals surface area contributed by atoms with Gasteiger partial charge in [-0.2, -0.15) is 0 Å². The number of rotatable bonds is 2. The predicted octanol–water partition coefficient (Wildman–Crippen LogP) is 3.00. The fourth-order valence-electron chi connectivity index (χ4n) is 1.01. The Morgan fingerprint density at radius 1 is 1.17 bits per heavy atom. The minimum Gasteiger partial charge on any atom is -0.150 e. The summed E-state index contributed by atoms with van der Waals surface area (Å²) in [6.45, 7) is 5.64. The molecule has 0 amide bonds. The van der Waals surface area contributed by atoms with Crippen molar-refractivity contribution in [2.45, 2.75) is 26.3 Å². The van der Waals surface area contributed by atoms with Crippen molar-refractivity contribution in [1.29, 1.82) is 0 Å². The van der Waals surface area contributed by atoms with E-state index in [1.807, 2.05) is 45.0 Å². The summed E-state index contributed by atoms with van der Waals surface area (Å²) in [5.74, 6) is 0. The maximum Gasteiger partial charge on any atom is 0.122 e. The van der Waals surface area contributed by atoms with Gasteiger partial charge in [0, 0.05) is 0 Å². The quantitative estimate of drug-likeness (QED) is 0.616. The Bertz CT molecular complexity index is 274. The molecule has 0 N–H and O–H groups in total. The van der Waals surface area contributed by atoms with Crippen molar-refractivity contribution >= 4 is 0 Å². The highest BCUT2D eigenvalue weighted by molar-refractivity contribution is 5.26. The predicted molar refractivity (Wildman–Crippen MR) is 50.0 cm³/mol. The molecule has 2 nitrogen and oxygen atoms in total. The molecule has 12 heavy (non-hydrogen) atoms. The maximum absolute atomic E-state index is 10.5. The van der Waals surface area contributed by atoms with Crippen LogP contribution in [0.15, 0.2) is 29.4 Å². The van der Waals surface area contributed by atoms with Crippen molar-refractivity contribution < 1.29 is 0 Å². The standard InChI is InChI=1S/C10H13NO/c1-8-4-6-9(7-5-8)10(2,3)11-12/h4-7H,1-3H3. The summed E-state index contributed by atoms with van der Waals surface area (Å²) in [7, 11) is 0. The van der Waals surface area contributed by atoms with Crippen molar-refractivity contribution in [3.05, 3.63) is 40.3 Å². The topological polar surface area (TPSA) is 29.4 Å². The lowest BCUT2D eigenvalue weighted by molar-refractivity contribution is 0.552. The molecule has 0 radical (unpaired) electrons. The fourth-order valence-corrected chi connectivity index (χ4v) is 1.01. The molecule has 0 saturated carbocycles. The van der Waals surface area contributed by atoms with Crippen LogP contribution >= 0.6 is 0 Å². The van der Waals surface area contributed by atoms with Crippen LogP contribution in [0.4, 0.5) is 0 Å². The molecule has 1 aromatic rings. The van der Waals surface area contributed by atoms with Crippen LogP contribution in [0.25, 0.3) is 0 Å². The highest BCUT2D eigenvalue weighted by atomic mass is 16.3. The Labute approximate surface area is 72.6 Å². The summed E-state index contributed by atoms with van der Waals surface area (Å²) in [4.78, 5) is 10.5. The van der Waals surface area contributed by atoms with E-state index in [1.54, 1.807) is 0 Å². The lowest BCUT2D eigenvalue weighted by Gasteiger charge is -2.15. The molecule has 0 saturated heterocycles. The molecule has 1 rings (SSSR count). The highest BCUT2D eigenvalue weighted by Crippen LogP contribution is 2.23. The van der Waals surface area contributed by atoms with Gasteiger partial charge in [-0.1, -0.05) is 35.0 Å². The van der Waals surface area contributed by atoms with Crippen molar-refractivity contribution in [2.75, 3.05) is 0 Å². The van der Waals surface area contributed by atoms with Crippen LogP contribution in [-0.2, 0) is 5.54 Å². The maximum atomic E-state index is 10.5. The van der Waals surface area contributed by atoms with E-state index in [-0.39, 0.29) is 0 Å². The van der Waals surface area contributed by atoms with Crippen LogP contribution in [0.1, 0.15) is 25.0 Å². The van der Waals surface area contributed by atoms with E-state index in [4.69, 9.17) is 0 Å². The second kappa shape index (κ2) is 3.05. The van der Waals surface area contributed by atoms with Gasteiger partial charge in [0.2, 0.25) is 0 Å². The zero-order valence-electron chi connectivity index (χ0n) is 7.66. The number of benzene rings is 1. The number of hydrogen-bond donors (Lipinski definition) is 0. The number of nitrogens with zero attached hydrogens (tertiary/aromatic N) is 1. The molecular weight excluding hydrogens is 150 g/mol. The highest BCUT2D eigenvalue weighted by Gasteiger charge is 2.20. The van der Waals surface area contributed by atoms with Gasteiger partial charge in [0.1, 0.15) is 5.54 Å². The van der Waals surface area contributed by atoms with Crippen LogP contribution in [-0.4, -0.2) is 0 Å². The summed E-state index contributed by atoms with van der Waals surface area (Å²) in [6, 6.07) is 7.86. The summed E-state index contributed by atoms with van der Waals surface area (Å²) in [5.41, 5.74) is 1.55. The Balaban J connectivity index is 3.04. The Kier molecular flexibility index (Phi) is 2.27. The zero-order chi connectivity index (χ0) is 9.19. The SMILES string of the molecule is Cc1ccc(C(C)(C)N=O)cc1. The Hall–Kier alpha value is -1.18. The first-order valence-corrected chi connectivity index (χ1v) is 3.98. The monoisotopic (exact) mass is 163 g/mol. The van der Waals surface area contributed by atoms with E-state index < -0.39 is 5.54 Å². The van der Waals surface area contributed by atoms with E-state index in [0.29, 0.717) is 0 Å². The third-order valence-corrected chi connectivity index (χ3v) is 1.99. The van der Waals surface area contributed by atoms with Crippen molar-refractivity contribution in [3.8, 4) is 0 Å².